The number of aryl methyl sites for hydroxylation is 1. The molecule has 7 heteroatoms. The van der Waals surface area contributed by atoms with E-state index in [9.17, 15) is 8.42 Å². The lowest BCUT2D eigenvalue weighted by molar-refractivity contribution is 0.483. The van der Waals surface area contributed by atoms with Crippen molar-refractivity contribution in [3.05, 3.63) is 51.3 Å². The molecule has 114 valence electrons. The Morgan fingerprint density at radius 1 is 1.29 bits per heavy atom. The third kappa shape index (κ3) is 3.76. The summed E-state index contributed by atoms with van der Waals surface area (Å²) < 4.78 is 29.2. The van der Waals surface area contributed by atoms with Crippen LogP contribution < -0.4 is 4.72 Å². The van der Waals surface area contributed by atoms with Crippen molar-refractivity contribution in [1.29, 1.82) is 0 Å². The van der Waals surface area contributed by atoms with Gasteiger partial charge in [0.05, 0.1) is 9.33 Å². The van der Waals surface area contributed by atoms with Crippen molar-refractivity contribution in [1.82, 2.24) is 4.72 Å². The van der Waals surface area contributed by atoms with E-state index in [1.54, 1.807) is 6.07 Å². The summed E-state index contributed by atoms with van der Waals surface area (Å²) >= 11 is 8.01. The summed E-state index contributed by atoms with van der Waals surface area (Å²) in [5.41, 5.74) is 1.13. The molecule has 0 saturated heterocycles. The Hall–Kier alpha value is -0.210. The van der Waals surface area contributed by atoms with E-state index in [0.29, 0.717) is 9.54 Å². The maximum absolute atomic E-state index is 12.6. The summed E-state index contributed by atoms with van der Waals surface area (Å²) in [7, 11) is -3.57. The van der Waals surface area contributed by atoms with Gasteiger partial charge in [-0.2, -0.15) is 4.72 Å². The van der Waals surface area contributed by atoms with Gasteiger partial charge in [-0.1, -0.05) is 46.3 Å². The third-order valence-electron chi connectivity index (χ3n) is 3.14. The number of thiophene rings is 1. The zero-order valence-corrected chi connectivity index (χ0v) is 16.4. The molecule has 1 unspecified atom stereocenters. The average Bonchev–Trinajstić information content (AvgIpc) is 2.80. The molecule has 1 aromatic heterocycles. The van der Waals surface area contributed by atoms with Crippen LogP contribution in [0.4, 0.5) is 0 Å². The number of rotatable bonds is 5. The maximum Gasteiger partial charge on any atom is 0.250 e. The number of sulfonamides is 1. The van der Waals surface area contributed by atoms with Crippen LogP contribution in [-0.2, 0) is 15.6 Å². The van der Waals surface area contributed by atoms with Crippen molar-refractivity contribution >= 4 is 53.2 Å². The molecule has 0 radical (unpaired) electrons. The first-order valence-corrected chi connectivity index (χ1v) is 10.4. The van der Waals surface area contributed by atoms with E-state index in [4.69, 9.17) is 0 Å². The highest BCUT2D eigenvalue weighted by Gasteiger charge is 2.32. The van der Waals surface area contributed by atoms with Crippen molar-refractivity contribution in [3.63, 3.8) is 0 Å². The molecule has 0 spiro atoms. The summed E-state index contributed by atoms with van der Waals surface area (Å²) in [6, 6.07) is 11.2. The second-order valence-corrected chi connectivity index (χ2v) is 9.80. The third-order valence-corrected chi connectivity index (χ3v) is 8.47. The minimum atomic E-state index is -3.57. The van der Waals surface area contributed by atoms with E-state index >= 15 is 0 Å². The van der Waals surface area contributed by atoms with Crippen molar-refractivity contribution < 1.29 is 8.42 Å². The Morgan fingerprint density at radius 2 is 1.90 bits per heavy atom. The van der Waals surface area contributed by atoms with Crippen LogP contribution in [0.1, 0.15) is 18.1 Å². The van der Waals surface area contributed by atoms with Crippen LogP contribution in [0, 0.1) is 6.92 Å². The Morgan fingerprint density at radius 3 is 2.38 bits per heavy atom. The first-order valence-electron chi connectivity index (χ1n) is 6.20. The van der Waals surface area contributed by atoms with Crippen LogP contribution in [0.3, 0.4) is 0 Å². The Kier molecular flexibility index (Phi) is 5.31. The Bertz CT molecular complexity index is 709. The van der Waals surface area contributed by atoms with Gasteiger partial charge in [-0.15, -0.1) is 11.3 Å². The van der Waals surface area contributed by atoms with E-state index < -0.39 is 15.6 Å². The predicted octanol–water partition coefficient (Wildman–Crippen LogP) is 4.41. The summed E-state index contributed by atoms with van der Waals surface area (Å²) in [6.07, 6.45) is 0. The maximum atomic E-state index is 12.6. The molecule has 1 N–H and O–H groups in total. The fourth-order valence-corrected chi connectivity index (χ4v) is 6.15. The van der Waals surface area contributed by atoms with Crippen LogP contribution in [-0.4, -0.2) is 13.7 Å². The summed E-state index contributed by atoms with van der Waals surface area (Å²) in [4.78, 5) is 0. The Balaban J connectivity index is 2.38. The molecule has 0 amide bonds. The summed E-state index contributed by atoms with van der Waals surface area (Å²) in [5, 5.41) is 0.481. The highest BCUT2D eigenvalue weighted by atomic mass is 79.9. The average molecular weight is 453 g/mol. The number of hydrogen-bond acceptors (Lipinski definition) is 3. The minimum Gasteiger partial charge on any atom is -0.206 e. The van der Waals surface area contributed by atoms with Crippen molar-refractivity contribution in [2.75, 3.05) is 5.33 Å². The quantitative estimate of drug-likeness (QED) is 0.683. The number of halogens is 2. The molecule has 0 saturated carbocycles. The first-order chi connectivity index (χ1) is 9.78. The van der Waals surface area contributed by atoms with E-state index in [-0.39, 0.29) is 0 Å². The fourth-order valence-electron chi connectivity index (χ4n) is 1.88. The van der Waals surface area contributed by atoms with Gasteiger partial charge >= 0.3 is 0 Å². The number of hydrogen-bond donors (Lipinski definition) is 1. The summed E-state index contributed by atoms with van der Waals surface area (Å²) in [5.74, 6) is 0. The fraction of sp³-hybridized carbons (Fsp3) is 0.286. The monoisotopic (exact) mass is 451 g/mol. The SMILES string of the molecule is Cc1cc(S(=O)(=O)NC(C)(CBr)c2ccccc2)sc1Br. The molecule has 1 atom stereocenters. The molecule has 0 bridgehead atoms. The molecule has 21 heavy (non-hydrogen) atoms. The molecule has 0 aliphatic carbocycles. The zero-order valence-electron chi connectivity index (χ0n) is 11.6. The normalized spacial score (nSPS) is 14.9. The molecule has 2 rings (SSSR count). The van der Waals surface area contributed by atoms with Crippen LogP contribution in [0.25, 0.3) is 0 Å². The molecule has 0 aliphatic rings. The lowest BCUT2D eigenvalue weighted by Gasteiger charge is -2.28. The van der Waals surface area contributed by atoms with Gasteiger partial charge < -0.3 is 0 Å². The first kappa shape index (κ1) is 17.1. The second-order valence-electron chi connectivity index (χ2n) is 4.96. The van der Waals surface area contributed by atoms with Gasteiger partial charge in [-0.05, 0) is 47.0 Å². The highest BCUT2D eigenvalue weighted by Crippen LogP contribution is 2.32. The lowest BCUT2D eigenvalue weighted by atomic mass is 9.96. The molecule has 0 aliphatic heterocycles. The largest absolute Gasteiger partial charge is 0.250 e. The predicted molar refractivity (Wildman–Crippen MR) is 94.7 cm³/mol. The molecular formula is C14H15Br2NO2S2. The van der Waals surface area contributed by atoms with E-state index in [2.05, 4.69) is 36.6 Å². The van der Waals surface area contributed by atoms with Crippen LogP contribution in [0.2, 0.25) is 0 Å². The van der Waals surface area contributed by atoms with Gasteiger partial charge in [0.15, 0.2) is 0 Å². The molecule has 1 aromatic carbocycles. The Labute approximate surface area is 146 Å². The number of alkyl halides is 1. The molecular weight excluding hydrogens is 438 g/mol. The van der Waals surface area contributed by atoms with Crippen LogP contribution in [0.5, 0.6) is 0 Å². The van der Waals surface area contributed by atoms with Gasteiger partial charge in [-0.3, -0.25) is 0 Å². The number of benzene rings is 1. The highest BCUT2D eigenvalue weighted by molar-refractivity contribution is 9.11. The van der Waals surface area contributed by atoms with Gasteiger partial charge in [-0.25, -0.2) is 8.42 Å². The zero-order chi connectivity index (χ0) is 15.7. The molecule has 3 nitrogen and oxygen atoms in total. The standard InChI is InChI=1S/C14H15Br2NO2S2/c1-10-8-12(20-13(10)16)21(18,19)17-14(2,9-15)11-6-4-3-5-7-11/h3-8,17H,9H2,1-2H3. The van der Waals surface area contributed by atoms with Crippen molar-refractivity contribution in [2.24, 2.45) is 0 Å². The smallest absolute Gasteiger partial charge is 0.206 e. The van der Waals surface area contributed by atoms with Crippen LogP contribution >= 0.6 is 43.2 Å². The lowest BCUT2D eigenvalue weighted by Crippen LogP contribution is -2.44. The summed E-state index contributed by atoms with van der Waals surface area (Å²) in [6.45, 7) is 3.74. The molecule has 0 fully saturated rings. The van der Waals surface area contributed by atoms with E-state index in [1.807, 2.05) is 44.2 Å². The van der Waals surface area contributed by atoms with E-state index in [1.165, 1.54) is 11.3 Å². The topological polar surface area (TPSA) is 46.2 Å². The second kappa shape index (κ2) is 6.50. The van der Waals surface area contributed by atoms with Gasteiger partial charge in [0, 0.05) is 5.33 Å². The number of nitrogens with one attached hydrogen (secondary N) is 1. The molecule has 1 heterocycles. The van der Waals surface area contributed by atoms with Gasteiger partial charge in [0.2, 0.25) is 0 Å². The van der Waals surface area contributed by atoms with Crippen LogP contribution in [0.15, 0.2) is 44.4 Å². The van der Waals surface area contributed by atoms with Gasteiger partial charge in [0.25, 0.3) is 10.0 Å². The van der Waals surface area contributed by atoms with Gasteiger partial charge in [0.1, 0.15) is 4.21 Å². The molecule has 2 aromatic rings. The van der Waals surface area contributed by atoms with E-state index in [0.717, 1.165) is 14.9 Å². The van der Waals surface area contributed by atoms with Crippen molar-refractivity contribution in [2.45, 2.75) is 23.6 Å². The minimum absolute atomic E-state index is 0.315. The van der Waals surface area contributed by atoms with Crippen molar-refractivity contribution in [3.8, 4) is 0 Å².